The molecule has 0 amide bonds. The van der Waals surface area contributed by atoms with Crippen molar-refractivity contribution in [3.05, 3.63) is 40.2 Å². The van der Waals surface area contributed by atoms with Gasteiger partial charge in [0.05, 0.1) is 7.11 Å². The number of rotatable bonds is 7. The molecular formula is C17H23NO3. The molecule has 21 heavy (non-hydrogen) atoms. The Balaban J connectivity index is 2.40. The van der Waals surface area contributed by atoms with Crippen molar-refractivity contribution in [2.45, 2.75) is 33.2 Å². The Morgan fingerprint density at radius 1 is 1.14 bits per heavy atom. The van der Waals surface area contributed by atoms with Crippen molar-refractivity contribution in [1.29, 1.82) is 0 Å². The molecule has 114 valence electrons. The van der Waals surface area contributed by atoms with E-state index < -0.39 is 0 Å². The maximum absolute atomic E-state index is 11.8. The average Bonchev–Trinajstić information content (AvgIpc) is 2.46. The Morgan fingerprint density at radius 2 is 1.86 bits per heavy atom. The fourth-order valence-electron chi connectivity index (χ4n) is 2.61. The van der Waals surface area contributed by atoms with Crippen LogP contribution in [0.4, 0.5) is 0 Å². The van der Waals surface area contributed by atoms with Gasteiger partial charge in [-0.3, -0.25) is 4.90 Å². The van der Waals surface area contributed by atoms with E-state index in [1.807, 2.05) is 12.1 Å². The van der Waals surface area contributed by atoms with Gasteiger partial charge < -0.3 is 9.15 Å². The van der Waals surface area contributed by atoms with Gasteiger partial charge in [-0.15, -0.1) is 0 Å². The third-order valence-corrected chi connectivity index (χ3v) is 3.51. The summed E-state index contributed by atoms with van der Waals surface area (Å²) in [5.74, 6) is 0.696. The van der Waals surface area contributed by atoms with Crippen LogP contribution in [0.3, 0.4) is 0 Å². The lowest BCUT2D eigenvalue weighted by Gasteiger charge is -2.21. The van der Waals surface area contributed by atoms with Gasteiger partial charge in [-0.05, 0) is 43.6 Å². The highest BCUT2D eigenvalue weighted by Crippen LogP contribution is 2.23. The molecule has 1 aromatic heterocycles. The molecule has 0 spiro atoms. The van der Waals surface area contributed by atoms with Crippen LogP contribution in [0, 0.1) is 0 Å². The summed E-state index contributed by atoms with van der Waals surface area (Å²) in [6.45, 7) is 7.18. The lowest BCUT2D eigenvalue weighted by molar-refractivity contribution is 0.267. The largest absolute Gasteiger partial charge is 0.497 e. The number of methoxy groups -OCH3 is 1. The number of benzene rings is 1. The van der Waals surface area contributed by atoms with Gasteiger partial charge in [-0.25, -0.2) is 4.79 Å². The van der Waals surface area contributed by atoms with E-state index in [0.29, 0.717) is 11.3 Å². The predicted molar refractivity (Wildman–Crippen MR) is 84.9 cm³/mol. The molecule has 0 atom stereocenters. The van der Waals surface area contributed by atoms with Gasteiger partial charge in [0.1, 0.15) is 11.3 Å². The fraction of sp³-hybridized carbons (Fsp3) is 0.471. The average molecular weight is 289 g/mol. The normalized spacial score (nSPS) is 11.2. The van der Waals surface area contributed by atoms with E-state index in [4.69, 9.17) is 9.15 Å². The van der Waals surface area contributed by atoms with Crippen molar-refractivity contribution in [3.63, 3.8) is 0 Å². The van der Waals surface area contributed by atoms with E-state index in [1.165, 1.54) is 0 Å². The highest BCUT2D eigenvalue weighted by atomic mass is 16.5. The van der Waals surface area contributed by atoms with Gasteiger partial charge in [0.15, 0.2) is 0 Å². The Kier molecular flexibility index (Phi) is 5.39. The van der Waals surface area contributed by atoms with Crippen molar-refractivity contribution in [3.8, 4) is 5.75 Å². The van der Waals surface area contributed by atoms with Crippen LogP contribution in [0.5, 0.6) is 5.75 Å². The summed E-state index contributed by atoms with van der Waals surface area (Å²) in [5.41, 5.74) is 1.30. The van der Waals surface area contributed by atoms with Crippen molar-refractivity contribution >= 4 is 11.0 Å². The number of hydrogen-bond acceptors (Lipinski definition) is 4. The fourth-order valence-corrected chi connectivity index (χ4v) is 2.61. The van der Waals surface area contributed by atoms with Crippen molar-refractivity contribution in [1.82, 2.24) is 4.90 Å². The highest BCUT2D eigenvalue weighted by molar-refractivity contribution is 5.81. The molecular weight excluding hydrogens is 266 g/mol. The van der Waals surface area contributed by atoms with Crippen LogP contribution in [-0.4, -0.2) is 25.1 Å². The number of nitrogens with zero attached hydrogens (tertiary/aromatic N) is 1. The molecule has 0 radical (unpaired) electrons. The summed E-state index contributed by atoms with van der Waals surface area (Å²) >= 11 is 0. The second kappa shape index (κ2) is 7.27. The summed E-state index contributed by atoms with van der Waals surface area (Å²) in [7, 11) is 1.60. The van der Waals surface area contributed by atoms with Gasteiger partial charge >= 0.3 is 5.63 Å². The monoisotopic (exact) mass is 289 g/mol. The molecule has 2 rings (SSSR count). The van der Waals surface area contributed by atoms with Gasteiger partial charge in [0, 0.05) is 24.1 Å². The Labute approximate surface area is 125 Å². The quantitative estimate of drug-likeness (QED) is 0.732. The predicted octanol–water partition coefficient (Wildman–Crippen LogP) is 3.42. The molecule has 0 N–H and O–H groups in total. The maximum atomic E-state index is 11.8. The molecule has 2 aromatic rings. The first-order chi connectivity index (χ1) is 10.2. The topological polar surface area (TPSA) is 42.7 Å². The van der Waals surface area contributed by atoms with E-state index >= 15 is 0 Å². The number of ether oxygens (including phenoxy) is 1. The minimum atomic E-state index is -0.307. The summed E-state index contributed by atoms with van der Waals surface area (Å²) in [6.07, 6.45) is 2.21. The van der Waals surface area contributed by atoms with Gasteiger partial charge in [0.2, 0.25) is 0 Å². The maximum Gasteiger partial charge on any atom is 0.336 e. The van der Waals surface area contributed by atoms with Crippen molar-refractivity contribution in [2.75, 3.05) is 20.2 Å². The van der Waals surface area contributed by atoms with E-state index in [1.54, 1.807) is 19.2 Å². The van der Waals surface area contributed by atoms with E-state index in [2.05, 4.69) is 18.7 Å². The van der Waals surface area contributed by atoms with Crippen LogP contribution in [-0.2, 0) is 6.54 Å². The first kappa shape index (κ1) is 15.6. The van der Waals surface area contributed by atoms with Gasteiger partial charge in [-0.2, -0.15) is 0 Å². The minimum Gasteiger partial charge on any atom is -0.497 e. The molecule has 1 aromatic carbocycles. The third kappa shape index (κ3) is 3.85. The molecule has 0 aliphatic heterocycles. The highest BCUT2D eigenvalue weighted by Gasteiger charge is 2.10. The Bertz CT molecular complexity index is 642. The van der Waals surface area contributed by atoms with Gasteiger partial charge in [-0.1, -0.05) is 13.8 Å². The lowest BCUT2D eigenvalue weighted by Crippen LogP contribution is -2.25. The first-order valence-electron chi connectivity index (χ1n) is 7.51. The van der Waals surface area contributed by atoms with E-state index in [0.717, 1.165) is 43.4 Å². The molecule has 0 fully saturated rings. The van der Waals surface area contributed by atoms with Gasteiger partial charge in [0.25, 0.3) is 0 Å². The zero-order valence-corrected chi connectivity index (χ0v) is 13.0. The number of hydrogen-bond donors (Lipinski definition) is 0. The summed E-state index contributed by atoms with van der Waals surface area (Å²) < 4.78 is 10.5. The van der Waals surface area contributed by atoms with Crippen LogP contribution in [0.1, 0.15) is 32.3 Å². The first-order valence-corrected chi connectivity index (χ1v) is 7.51. The zero-order chi connectivity index (χ0) is 15.2. The summed E-state index contributed by atoms with van der Waals surface area (Å²) in [6, 6.07) is 7.23. The second-order valence-corrected chi connectivity index (χ2v) is 5.23. The molecule has 0 unspecified atom stereocenters. The van der Waals surface area contributed by atoms with E-state index in [9.17, 15) is 4.79 Å². The van der Waals surface area contributed by atoms with Crippen LogP contribution < -0.4 is 10.4 Å². The van der Waals surface area contributed by atoms with Crippen molar-refractivity contribution in [2.24, 2.45) is 0 Å². The second-order valence-electron chi connectivity index (χ2n) is 5.23. The SMILES string of the molecule is CCCN(CCC)Cc1cc(=O)oc2cc(OC)ccc12. The van der Waals surface area contributed by atoms with Crippen LogP contribution in [0.15, 0.2) is 33.5 Å². The number of fused-ring (bicyclic) bond motifs is 1. The molecule has 0 aliphatic carbocycles. The molecule has 4 heteroatoms. The summed E-state index contributed by atoms with van der Waals surface area (Å²) in [4.78, 5) is 14.1. The third-order valence-electron chi connectivity index (χ3n) is 3.51. The lowest BCUT2D eigenvalue weighted by atomic mass is 10.1. The molecule has 0 saturated carbocycles. The Morgan fingerprint density at radius 3 is 2.48 bits per heavy atom. The zero-order valence-electron chi connectivity index (χ0n) is 13.0. The molecule has 0 saturated heterocycles. The van der Waals surface area contributed by atoms with E-state index in [-0.39, 0.29) is 5.63 Å². The minimum absolute atomic E-state index is 0.307. The summed E-state index contributed by atoms with van der Waals surface area (Å²) in [5, 5.41) is 0.979. The molecule has 1 heterocycles. The smallest absolute Gasteiger partial charge is 0.336 e. The standard InChI is InChI=1S/C17H23NO3/c1-4-8-18(9-5-2)12-13-10-17(19)21-16-11-14(20-3)6-7-15(13)16/h6-7,10-11H,4-5,8-9,12H2,1-3H3. The molecule has 4 nitrogen and oxygen atoms in total. The Hall–Kier alpha value is -1.81. The van der Waals surface area contributed by atoms with Crippen LogP contribution >= 0.6 is 0 Å². The van der Waals surface area contributed by atoms with Crippen molar-refractivity contribution < 1.29 is 9.15 Å². The molecule has 0 aliphatic rings. The van der Waals surface area contributed by atoms with Crippen LogP contribution in [0.25, 0.3) is 11.0 Å². The van der Waals surface area contributed by atoms with Crippen LogP contribution in [0.2, 0.25) is 0 Å². The molecule has 0 bridgehead atoms.